The Kier molecular flexibility index (Phi) is 21.5. The minimum absolute atomic E-state index is 0.132. The second-order valence-electron chi connectivity index (χ2n) is 4.79. The van der Waals surface area contributed by atoms with Gasteiger partial charge in [-0.3, -0.25) is 9.59 Å². The molecular weight excluding hydrogens is 312 g/mol. The zero-order chi connectivity index (χ0) is 19.5. The molecule has 0 amide bonds. The molecule has 0 aliphatic heterocycles. The molecular formula is C18H32O6. The van der Waals surface area contributed by atoms with Crippen LogP contribution in [0.2, 0.25) is 0 Å². The van der Waals surface area contributed by atoms with Gasteiger partial charge >= 0.3 is 5.97 Å². The minimum Gasteiger partial charge on any atom is -0.481 e. The summed E-state index contributed by atoms with van der Waals surface area (Å²) in [6.07, 6.45) is -0.132. The number of carbonyl (C=O) groups excluding carboxylic acids is 1. The van der Waals surface area contributed by atoms with Crippen LogP contribution in [0.15, 0.2) is 24.3 Å². The minimum atomic E-state index is -0.833. The number of methoxy groups -OCH3 is 1. The Labute approximate surface area is 145 Å². The smallest absolute Gasteiger partial charge is 0.302 e. The standard InChI is InChI=1S/C8H10.C6H12O3.C2H4O2.C2H6O/c1-7-5-3-4-6-8(7)2;1-5(4-8-3)9-6(2)7;1-2(3)4;1-2-3/h3-6H,1-2H3;5H,4H2,1-3H3;1H3,(H,3,4);3H,2H2,1H3. The number of benzene rings is 1. The molecule has 0 bridgehead atoms. The van der Waals surface area contributed by atoms with E-state index in [4.69, 9.17) is 24.5 Å². The van der Waals surface area contributed by atoms with Crippen LogP contribution in [0.3, 0.4) is 0 Å². The Morgan fingerprint density at radius 3 is 1.67 bits per heavy atom. The molecule has 0 saturated heterocycles. The fourth-order valence-electron chi connectivity index (χ4n) is 1.21. The molecule has 0 aliphatic rings. The van der Waals surface area contributed by atoms with Gasteiger partial charge in [0.25, 0.3) is 5.97 Å². The number of hydrogen-bond donors (Lipinski definition) is 2. The van der Waals surface area contributed by atoms with Crippen molar-refractivity contribution in [3.63, 3.8) is 0 Å². The number of aliphatic carboxylic acids is 1. The first-order chi connectivity index (χ1) is 11.1. The number of carbonyl (C=O) groups is 2. The topological polar surface area (TPSA) is 93.1 Å². The fourth-order valence-corrected chi connectivity index (χ4v) is 1.21. The Balaban J connectivity index is -0.000000268. The highest BCUT2D eigenvalue weighted by Crippen LogP contribution is 2.02. The molecule has 0 saturated carbocycles. The maximum absolute atomic E-state index is 10.3. The van der Waals surface area contributed by atoms with Gasteiger partial charge in [-0.1, -0.05) is 24.3 Å². The number of aryl methyl sites for hydroxylation is 2. The van der Waals surface area contributed by atoms with Crippen molar-refractivity contribution < 1.29 is 29.3 Å². The first-order valence-electron chi connectivity index (χ1n) is 7.60. The number of aliphatic hydroxyl groups is 1. The average Bonchev–Trinajstić information content (AvgIpc) is 2.42. The first-order valence-corrected chi connectivity index (χ1v) is 7.60. The molecule has 1 atom stereocenters. The van der Waals surface area contributed by atoms with Crippen LogP contribution in [-0.2, 0) is 19.1 Å². The number of carboxylic acids is 1. The molecule has 6 nitrogen and oxygen atoms in total. The quantitative estimate of drug-likeness (QED) is 0.819. The molecule has 1 rings (SSSR count). The van der Waals surface area contributed by atoms with Crippen LogP contribution >= 0.6 is 0 Å². The molecule has 0 aliphatic carbocycles. The second-order valence-corrected chi connectivity index (χ2v) is 4.79. The summed E-state index contributed by atoms with van der Waals surface area (Å²) in [7, 11) is 1.57. The third-order valence-electron chi connectivity index (χ3n) is 2.19. The van der Waals surface area contributed by atoms with Gasteiger partial charge in [-0.25, -0.2) is 0 Å². The van der Waals surface area contributed by atoms with Crippen LogP contribution in [-0.4, -0.2) is 48.6 Å². The maximum Gasteiger partial charge on any atom is 0.302 e. The Hall–Kier alpha value is -1.92. The largest absolute Gasteiger partial charge is 0.481 e. The van der Waals surface area contributed by atoms with E-state index in [1.165, 1.54) is 18.1 Å². The van der Waals surface area contributed by atoms with E-state index in [1.54, 1.807) is 21.0 Å². The highest BCUT2D eigenvalue weighted by atomic mass is 16.6. The molecule has 0 fully saturated rings. The highest BCUT2D eigenvalue weighted by Gasteiger charge is 2.02. The Morgan fingerprint density at radius 1 is 1.12 bits per heavy atom. The lowest BCUT2D eigenvalue weighted by Gasteiger charge is -2.08. The van der Waals surface area contributed by atoms with Crippen molar-refractivity contribution in [2.24, 2.45) is 0 Å². The fraction of sp³-hybridized carbons (Fsp3) is 0.556. The molecule has 24 heavy (non-hydrogen) atoms. The zero-order valence-electron chi connectivity index (χ0n) is 15.8. The van der Waals surface area contributed by atoms with Crippen molar-refractivity contribution >= 4 is 11.9 Å². The van der Waals surface area contributed by atoms with Crippen molar-refractivity contribution in [3.8, 4) is 0 Å². The second kappa shape index (κ2) is 19.1. The van der Waals surface area contributed by atoms with E-state index in [9.17, 15) is 4.79 Å². The molecule has 1 unspecified atom stereocenters. The van der Waals surface area contributed by atoms with Gasteiger partial charge < -0.3 is 19.7 Å². The number of ether oxygens (including phenoxy) is 2. The van der Waals surface area contributed by atoms with Gasteiger partial charge in [0.05, 0.1) is 6.61 Å². The number of carboxylic acid groups (broad SMARTS) is 1. The lowest BCUT2D eigenvalue weighted by atomic mass is 10.1. The van der Waals surface area contributed by atoms with Crippen molar-refractivity contribution in [1.82, 2.24) is 0 Å². The SMILES string of the molecule is CC(=O)O.CCO.COCC(C)OC(C)=O.Cc1ccccc1C. The van der Waals surface area contributed by atoms with Gasteiger partial charge in [0.2, 0.25) is 0 Å². The molecule has 1 aromatic carbocycles. The number of aliphatic hydroxyl groups excluding tert-OH is 1. The molecule has 0 radical (unpaired) electrons. The third kappa shape index (κ3) is 28.3. The normalized spacial score (nSPS) is 9.67. The van der Waals surface area contributed by atoms with Gasteiger partial charge in [-0.2, -0.15) is 0 Å². The van der Waals surface area contributed by atoms with E-state index >= 15 is 0 Å². The third-order valence-corrected chi connectivity index (χ3v) is 2.19. The van der Waals surface area contributed by atoms with E-state index in [-0.39, 0.29) is 18.7 Å². The summed E-state index contributed by atoms with van der Waals surface area (Å²) in [5.74, 6) is -1.10. The average molecular weight is 344 g/mol. The van der Waals surface area contributed by atoms with Gasteiger partial charge in [0, 0.05) is 27.6 Å². The summed E-state index contributed by atoms with van der Waals surface area (Å²) in [5.41, 5.74) is 2.74. The molecule has 0 aromatic heterocycles. The summed E-state index contributed by atoms with van der Waals surface area (Å²) in [6.45, 7) is 10.9. The Bertz CT molecular complexity index is 406. The van der Waals surface area contributed by atoms with E-state index in [2.05, 4.69) is 38.1 Å². The first kappa shape index (κ1) is 27.0. The zero-order valence-corrected chi connectivity index (χ0v) is 15.8. The lowest BCUT2D eigenvalue weighted by Crippen LogP contribution is -2.17. The van der Waals surface area contributed by atoms with E-state index in [0.29, 0.717) is 6.61 Å². The van der Waals surface area contributed by atoms with Crippen LogP contribution in [0.5, 0.6) is 0 Å². The predicted octanol–water partition coefficient (Wildman–Crippen LogP) is 2.98. The molecule has 6 heteroatoms. The summed E-state index contributed by atoms with van der Waals surface area (Å²) < 4.78 is 9.45. The summed E-state index contributed by atoms with van der Waals surface area (Å²) in [5, 5.41) is 15.0. The van der Waals surface area contributed by atoms with Crippen LogP contribution in [0.1, 0.15) is 38.8 Å². The monoisotopic (exact) mass is 344 g/mol. The van der Waals surface area contributed by atoms with E-state index in [0.717, 1.165) is 6.92 Å². The van der Waals surface area contributed by atoms with Crippen molar-refractivity contribution in [2.45, 2.75) is 47.6 Å². The van der Waals surface area contributed by atoms with Crippen LogP contribution in [0.25, 0.3) is 0 Å². The van der Waals surface area contributed by atoms with Gasteiger partial charge in [0.1, 0.15) is 6.10 Å². The summed E-state index contributed by atoms with van der Waals surface area (Å²) >= 11 is 0. The van der Waals surface area contributed by atoms with E-state index < -0.39 is 5.97 Å². The predicted molar refractivity (Wildman–Crippen MR) is 95.1 cm³/mol. The van der Waals surface area contributed by atoms with Gasteiger partial charge in [-0.15, -0.1) is 0 Å². The van der Waals surface area contributed by atoms with Crippen LogP contribution in [0, 0.1) is 13.8 Å². The van der Waals surface area contributed by atoms with Crippen molar-refractivity contribution in [1.29, 1.82) is 0 Å². The van der Waals surface area contributed by atoms with Crippen LogP contribution < -0.4 is 0 Å². The van der Waals surface area contributed by atoms with Gasteiger partial charge in [0.15, 0.2) is 0 Å². The van der Waals surface area contributed by atoms with Crippen molar-refractivity contribution in [2.75, 3.05) is 20.3 Å². The van der Waals surface area contributed by atoms with Gasteiger partial charge in [-0.05, 0) is 38.8 Å². The molecule has 140 valence electrons. The molecule has 0 spiro atoms. The number of hydrogen-bond acceptors (Lipinski definition) is 5. The lowest BCUT2D eigenvalue weighted by molar-refractivity contribution is -0.147. The number of rotatable bonds is 3. The molecule has 0 heterocycles. The number of esters is 1. The van der Waals surface area contributed by atoms with E-state index in [1.807, 2.05) is 0 Å². The summed E-state index contributed by atoms with van der Waals surface area (Å²) in [6, 6.07) is 8.36. The molecule has 1 aromatic rings. The maximum atomic E-state index is 10.3. The van der Waals surface area contributed by atoms with Crippen LogP contribution in [0.4, 0.5) is 0 Å². The highest BCUT2D eigenvalue weighted by molar-refractivity contribution is 5.66. The summed E-state index contributed by atoms with van der Waals surface area (Å²) in [4.78, 5) is 19.3. The van der Waals surface area contributed by atoms with Crippen molar-refractivity contribution in [3.05, 3.63) is 35.4 Å². The Morgan fingerprint density at radius 2 is 1.46 bits per heavy atom. The molecule has 2 N–H and O–H groups in total.